The van der Waals surface area contributed by atoms with Crippen LogP contribution in [0.4, 0.5) is 5.69 Å². The fourth-order valence-corrected chi connectivity index (χ4v) is 4.47. The highest BCUT2D eigenvalue weighted by atomic mass is 16.2. The molecule has 1 saturated heterocycles. The number of amides is 1. The van der Waals surface area contributed by atoms with E-state index in [0.717, 1.165) is 47.5 Å². The van der Waals surface area contributed by atoms with E-state index in [4.69, 9.17) is 0 Å². The van der Waals surface area contributed by atoms with Crippen molar-refractivity contribution in [2.24, 2.45) is 0 Å². The fraction of sp³-hybridized carbons (Fsp3) is 0.267. The van der Waals surface area contributed by atoms with Gasteiger partial charge in [-0.1, -0.05) is 67.2 Å². The molecule has 0 aromatic heterocycles. The Morgan fingerprint density at radius 1 is 0.972 bits per heavy atom. The van der Waals surface area contributed by atoms with Crippen molar-refractivity contribution < 1.29 is 9.59 Å². The summed E-state index contributed by atoms with van der Waals surface area (Å²) in [7, 11) is 1.81. The summed E-state index contributed by atoms with van der Waals surface area (Å²) in [6.07, 6.45) is 2.22. The third kappa shape index (κ3) is 6.61. The van der Waals surface area contributed by atoms with Crippen LogP contribution in [0.2, 0.25) is 0 Å². The van der Waals surface area contributed by atoms with Gasteiger partial charge in [0.05, 0.1) is 12.1 Å². The zero-order valence-corrected chi connectivity index (χ0v) is 20.7. The highest BCUT2D eigenvalue weighted by Gasteiger charge is 2.30. The Hall–Kier alpha value is -3.90. The van der Waals surface area contributed by atoms with Crippen LogP contribution in [-0.4, -0.2) is 37.4 Å². The molecule has 1 unspecified atom stereocenters. The second-order valence-corrected chi connectivity index (χ2v) is 9.13. The van der Waals surface area contributed by atoms with Crippen molar-refractivity contribution in [2.45, 2.75) is 37.9 Å². The number of carbonyl (C=O) groups excluding carboxylic acids is 2. The van der Waals surface area contributed by atoms with Gasteiger partial charge >= 0.3 is 0 Å². The van der Waals surface area contributed by atoms with Crippen LogP contribution >= 0.6 is 0 Å². The Kier molecular flexibility index (Phi) is 8.53. The van der Waals surface area contributed by atoms with Crippen LogP contribution in [0.5, 0.6) is 0 Å². The molecule has 6 nitrogen and oxygen atoms in total. The van der Waals surface area contributed by atoms with Crippen LogP contribution in [0.1, 0.15) is 39.9 Å². The minimum Gasteiger partial charge on any atom is -0.388 e. The number of anilines is 1. The lowest BCUT2D eigenvalue weighted by molar-refractivity contribution is -0.122. The summed E-state index contributed by atoms with van der Waals surface area (Å²) in [6.45, 7) is 5.64. The normalized spacial score (nSPS) is 15.6. The number of rotatable bonds is 11. The summed E-state index contributed by atoms with van der Waals surface area (Å²) in [5.74, 6) is -0.250. The van der Waals surface area contributed by atoms with E-state index in [2.05, 4.69) is 27.8 Å². The lowest BCUT2D eigenvalue weighted by Gasteiger charge is -2.22. The maximum atomic E-state index is 13.4. The van der Waals surface area contributed by atoms with Crippen LogP contribution in [0.15, 0.2) is 85.4 Å². The number of hydrogen-bond donors (Lipinski definition) is 4. The summed E-state index contributed by atoms with van der Waals surface area (Å²) in [6, 6.07) is 24.6. The second kappa shape index (κ2) is 12.2. The minimum absolute atomic E-state index is 0.0311. The average Bonchev–Trinajstić information content (AvgIpc) is 3.47. The molecule has 4 rings (SSSR count). The van der Waals surface area contributed by atoms with Crippen molar-refractivity contribution in [1.29, 1.82) is 0 Å². The Labute approximate surface area is 213 Å². The minimum atomic E-state index is -0.614. The molecule has 1 aliphatic heterocycles. The van der Waals surface area contributed by atoms with Crippen molar-refractivity contribution in [1.82, 2.24) is 16.0 Å². The molecule has 36 heavy (non-hydrogen) atoms. The highest BCUT2D eigenvalue weighted by Crippen LogP contribution is 2.20. The largest absolute Gasteiger partial charge is 0.388 e. The van der Waals surface area contributed by atoms with E-state index in [0.29, 0.717) is 18.5 Å². The first-order chi connectivity index (χ1) is 17.5. The van der Waals surface area contributed by atoms with Gasteiger partial charge in [0.15, 0.2) is 5.78 Å². The predicted octanol–water partition coefficient (Wildman–Crippen LogP) is 4.15. The summed E-state index contributed by atoms with van der Waals surface area (Å²) in [5.41, 5.74) is 4.96. The molecular formula is C30H34N4O2. The molecule has 0 radical (unpaired) electrons. The van der Waals surface area contributed by atoms with Gasteiger partial charge in [-0.15, -0.1) is 0 Å². The van der Waals surface area contributed by atoms with E-state index >= 15 is 0 Å². The first kappa shape index (κ1) is 25.2. The average molecular weight is 483 g/mol. The molecule has 1 aliphatic rings. The van der Waals surface area contributed by atoms with Gasteiger partial charge in [0.1, 0.15) is 0 Å². The van der Waals surface area contributed by atoms with Crippen molar-refractivity contribution in [2.75, 3.05) is 18.9 Å². The predicted molar refractivity (Wildman–Crippen MR) is 146 cm³/mol. The van der Waals surface area contributed by atoms with Crippen LogP contribution in [0.25, 0.3) is 5.70 Å². The lowest BCUT2D eigenvalue weighted by atomic mass is 9.96. The van der Waals surface area contributed by atoms with Crippen LogP contribution in [0.3, 0.4) is 0 Å². The van der Waals surface area contributed by atoms with Crippen molar-refractivity contribution >= 4 is 23.1 Å². The molecule has 1 fully saturated rings. The highest BCUT2D eigenvalue weighted by molar-refractivity contribution is 6.00. The van der Waals surface area contributed by atoms with Gasteiger partial charge in [-0.05, 0) is 60.7 Å². The SMILES string of the molecule is C=C(NCc1ccccc1)c1cc(NC)cc(C(=O)N[C@@H](Cc2ccccc2)C(=O)C2CCCN2)c1. The van der Waals surface area contributed by atoms with Crippen molar-refractivity contribution in [3.8, 4) is 0 Å². The number of Topliss-reactive ketones (excluding diaryl/α,β-unsaturated/α-hetero) is 1. The molecule has 6 heteroatoms. The summed E-state index contributed by atoms with van der Waals surface area (Å²) in [5, 5.41) is 12.8. The Bertz CT molecular complexity index is 1190. The van der Waals surface area contributed by atoms with Gasteiger partial charge < -0.3 is 21.3 Å². The third-order valence-corrected chi connectivity index (χ3v) is 6.52. The molecule has 3 aromatic carbocycles. The van der Waals surface area contributed by atoms with E-state index in [1.807, 2.05) is 79.8 Å². The van der Waals surface area contributed by atoms with E-state index in [9.17, 15) is 9.59 Å². The zero-order chi connectivity index (χ0) is 25.3. The Morgan fingerprint density at radius 2 is 1.64 bits per heavy atom. The van der Waals surface area contributed by atoms with Gasteiger partial charge in [-0.3, -0.25) is 9.59 Å². The molecular weight excluding hydrogens is 448 g/mol. The van der Waals surface area contributed by atoms with E-state index in [1.54, 1.807) is 6.07 Å². The lowest BCUT2D eigenvalue weighted by Crippen LogP contribution is -2.49. The number of benzene rings is 3. The van der Waals surface area contributed by atoms with E-state index in [1.165, 1.54) is 0 Å². The molecule has 0 bridgehead atoms. The van der Waals surface area contributed by atoms with Gasteiger partial charge in [0.25, 0.3) is 5.91 Å². The Morgan fingerprint density at radius 3 is 2.28 bits per heavy atom. The Balaban J connectivity index is 1.52. The monoisotopic (exact) mass is 482 g/mol. The van der Waals surface area contributed by atoms with Gasteiger partial charge in [0, 0.05) is 30.5 Å². The fourth-order valence-electron chi connectivity index (χ4n) is 4.47. The smallest absolute Gasteiger partial charge is 0.251 e. The molecule has 186 valence electrons. The maximum absolute atomic E-state index is 13.4. The molecule has 1 heterocycles. The van der Waals surface area contributed by atoms with Crippen LogP contribution in [0, 0.1) is 0 Å². The first-order valence-corrected chi connectivity index (χ1v) is 12.5. The van der Waals surface area contributed by atoms with Gasteiger partial charge in [-0.2, -0.15) is 0 Å². The first-order valence-electron chi connectivity index (χ1n) is 12.5. The van der Waals surface area contributed by atoms with E-state index < -0.39 is 6.04 Å². The third-order valence-electron chi connectivity index (χ3n) is 6.52. The molecule has 0 spiro atoms. The number of ketones is 1. The molecule has 3 aromatic rings. The molecule has 4 N–H and O–H groups in total. The quantitative estimate of drug-likeness (QED) is 0.330. The number of hydrogen-bond acceptors (Lipinski definition) is 5. The molecule has 0 aliphatic carbocycles. The standard InChI is InChI=1S/C30H34N4O2/c1-21(33-20-23-12-7-4-8-13-23)24-17-25(19-26(18-24)31-2)30(36)34-28(16-22-10-5-3-6-11-22)29(35)27-14-9-15-32-27/h3-8,10-13,17-19,27-28,31-33H,1,9,14-16,20H2,2H3,(H,34,36)/t27?,28-/m0/s1. The zero-order valence-electron chi connectivity index (χ0n) is 20.7. The summed E-state index contributed by atoms with van der Waals surface area (Å²) in [4.78, 5) is 26.7. The summed E-state index contributed by atoms with van der Waals surface area (Å²) >= 11 is 0. The number of carbonyl (C=O) groups is 2. The van der Waals surface area contributed by atoms with Crippen molar-refractivity contribution in [3.63, 3.8) is 0 Å². The van der Waals surface area contributed by atoms with Crippen LogP contribution < -0.4 is 21.3 Å². The van der Waals surface area contributed by atoms with E-state index in [-0.39, 0.29) is 17.7 Å². The molecule has 1 amide bonds. The second-order valence-electron chi connectivity index (χ2n) is 9.13. The maximum Gasteiger partial charge on any atom is 0.251 e. The molecule has 0 saturated carbocycles. The van der Waals surface area contributed by atoms with Crippen molar-refractivity contribution in [3.05, 3.63) is 108 Å². The molecule has 2 atom stereocenters. The summed E-state index contributed by atoms with van der Waals surface area (Å²) < 4.78 is 0. The van der Waals surface area contributed by atoms with Crippen LogP contribution in [-0.2, 0) is 17.8 Å². The van der Waals surface area contributed by atoms with Gasteiger partial charge in [-0.25, -0.2) is 0 Å². The number of nitrogens with one attached hydrogen (secondary N) is 4. The topological polar surface area (TPSA) is 82.3 Å². The van der Waals surface area contributed by atoms with Gasteiger partial charge in [0.2, 0.25) is 0 Å².